The Morgan fingerprint density at radius 3 is 2.81 bits per heavy atom. The number of hydrogen-bond acceptors (Lipinski definition) is 4. The summed E-state index contributed by atoms with van der Waals surface area (Å²) in [5.41, 5.74) is 3.25. The second-order valence-electron chi connectivity index (χ2n) is 4.98. The van der Waals surface area contributed by atoms with Gasteiger partial charge in [0.1, 0.15) is 5.82 Å². The molecule has 0 amide bonds. The van der Waals surface area contributed by atoms with Crippen molar-refractivity contribution < 1.29 is 0 Å². The van der Waals surface area contributed by atoms with Crippen LogP contribution in [-0.2, 0) is 0 Å². The summed E-state index contributed by atoms with van der Waals surface area (Å²) in [6, 6.07) is 8.35. The van der Waals surface area contributed by atoms with E-state index in [2.05, 4.69) is 64.7 Å². The molecule has 5 heteroatoms. The van der Waals surface area contributed by atoms with Gasteiger partial charge in [-0.3, -0.25) is 0 Å². The highest BCUT2D eigenvalue weighted by atomic mass is 79.9. The minimum absolute atomic E-state index is 0.770. The summed E-state index contributed by atoms with van der Waals surface area (Å²) in [5, 5.41) is 6.58. The van der Waals surface area contributed by atoms with E-state index in [1.54, 1.807) is 11.3 Å². The Morgan fingerprint density at radius 1 is 1.24 bits per heavy atom. The lowest BCUT2D eigenvalue weighted by atomic mass is 10.1. The number of nitrogens with zero attached hydrogens (tertiary/aromatic N) is 2. The molecular weight excluding hydrogens is 346 g/mol. The largest absolute Gasteiger partial charge is 0.369 e. The predicted molar refractivity (Wildman–Crippen MR) is 94.1 cm³/mol. The quantitative estimate of drug-likeness (QED) is 0.689. The first kappa shape index (κ1) is 14.5. The van der Waals surface area contributed by atoms with Crippen LogP contribution in [0, 0.1) is 6.92 Å². The summed E-state index contributed by atoms with van der Waals surface area (Å²) < 4.78 is 1.09. The van der Waals surface area contributed by atoms with Gasteiger partial charge in [0, 0.05) is 22.9 Å². The Balaban J connectivity index is 2.16. The topological polar surface area (TPSA) is 37.8 Å². The molecule has 0 aliphatic heterocycles. The highest BCUT2D eigenvalue weighted by Gasteiger charge is 2.10. The molecule has 0 radical (unpaired) electrons. The smallest absolute Gasteiger partial charge is 0.163 e. The lowest BCUT2D eigenvalue weighted by molar-refractivity contribution is 0.970. The van der Waals surface area contributed by atoms with Gasteiger partial charge in [-0.25, -0.2) is 9.97 Å². The molecule has 108 valence electrons. The minimum atomic E-state index is 0.770. The van der Waals surface area contributed by atoms with Crippen LogP contribution >= 0.6 is 27.3 Å². The van der Waals surface area contributed by atoms with Crippen molar-refractivity contribution in [1.29, 1.82) is 0 Å². The van der Waals surface area contributed by atoms with Crippen LogP contribution in [0.4, 0.5) is 5.82 Å². The van der Waals surface area contributed by atoms with Crippen LogP contribution in [0.3, 0.4) is 0 Å². The fourth-order valence-corrected chi connectivity index (χ4v) is 3.31. The standard InChI is InChI=1S/C16H16BrN3S/c1-3-6-18-16-12-7-10(2)4-5-13(12)19-15(20-16)11-8-14(17)21-9-11/h4-5,7-9H,3,6H2,1-2H3,(H,18,19,20). The number of hydrogen-bond donors (Lipinski definition) is 1. The van der Waals surface area contributed by atoms with Crippen molar-refractivity contribution in [1.82, 2.24) is 9.97 Å². The third-order valence-corrected chi connectivity index (χ3v) is 4.72. The lowest BCUT2D eigenvalue weighted by Crippen LogP contribution is -2.04. The van der Waals surface area contributed by atoms with Gasteiger partial charge in [-0.15, -0.1) is 11.3 Å². The molecule has 0 saturated carbocycles. The maximum atomic E-state index is 4.73. The van der Waals surface area contributed by atoms with Gasteiger partial charge in [0.25, 0.3) is 0 Å². The third kappa shape index (κ3) is 3.09. The van der Waals surface area contributed by atoms with Crippen LogP contribution in [0.1, 0.15) is 18.9 Å². The van der Waals surface area contributed by atoms with Crippen molar-refractivity contribution in [2.75, 3.05) is 11.9 Å². The molecule has 0 bridgehead atoms. The summed E-state index contributed by atoms with van der Waals surface area (Å²) in [4.78, 5) is 9.43. The first-order valence-electron chi connectivity index (χ1n) is 6.94. The average Bonchev–Trinajstić information content (AvgIpc) is 2.91. The van der Waals surface area contributed by atoms with Gasteiger partial charge in [0.2, 0.25) is 0 Å². The van der Waals surface area contributed by atoms with Gasteiger partial charge >= 0.3 is 0 Å². The molecule has 0 unspecified atom stereocenters. The number of anilines is 1. The molecule has 21 heavy (non-hydrogen) atoms. The van der Waals surface area contributed by atoms with Crippen LogP contribution in [-0.4, -0.2) is 16.5 Å². The highest BCUT2D eigenvalue weighted by molar-refractivity contribution is 9.11. The maximum Gasteiger partial charge on any atom is 0.163 e. The number of halogens is 1. The molecular formula is C16H16BrN3S. The van der Waals surface area contributed by atoms with Crippen LogP contribution in [0.2, 0.25) is 0 Å². The normalized spacial score (nSPS) is 11.0. The second-order valence-corrected chi connectivity index (χ2v) is 7.27. The first-order valence-corrected chi connectivity index (χ1v) is 8.61. The molecule has 0 fully saturated rings. The van der Waals surface area contributed by atoms with Crippen molar-refractivity contribution >= 4 is 44.0 Å². The van der Waals surface area contributed by atoms with E-state index in [-0.39, 0.29) is 0 Å². The molecule has 3 rings (SSSR count). The minimum Gasteiger partial charge on any atom is -0.369 e. The number of rotatable bonds is 4. The Hall–Kier alpha value is -1.46. The van der Waals surface area contributed by atoms with E-state index in [1.165, 1.54) is 5.56 Å². The summed E-state index contributed by atoms with van der Waals surface area (Å²) in [5.74, 6) is 1.69. The molecule has 0 aliphatic rings. The van der Waals surface area contributed by atoms with Crippen molar-refractivity contribution in [2.45, 2.75) is 20.3 Å². The van der Waals surface area contributed by atoms with Crippen molar-refractivity contribution in [3.05, 3.63) is 39.0 Å². The number of thiophene rings is 1. The first-order chi connectivity index (χ1) is 10.2. The molecule has 1 aromatic carbocycles. The predicted octanol–water partition coefficient (Wildman–Crippen LogP) is 5.25. The van der Waals surface area contributed by atoms with Gasteiger partial charge in [-0.1, -0.05) is 18.6 Å². The van der Waals surface area contributed by atoms with Gasteiger partial charge in [0.05, 0.1) is 9.30 Å². The molecule has 1 N–H and O–H groups in total. The number of benzene rings is 1. The molecule has 3 nitrogen and oxygen atoms in total. The summed E-state index contributed by atoms with van der Waals surface area (Å²) in [6.07, 6.45) is 1.07. The SMILES string of the molecule is CCCNc1nc(-c2csc(Br)c2)nc2ccc(C)cc12. The zero-order valence-corrected chi connectivity index (χ0v) is 14.4. The summed E-state index contributed by atoms with van der Waals surface area (Å²) in [7, 11) is 0. The van der Waals surface area contributed by atoms with E-state index in [4.69, 9.17) is 9.97 Å². The molecule has 0 atom stereocenters. The number of aryl methyl sites for hydroxylation is 1. The number of aromatic nitrogens is 2. The molecule has 3 aromatic rings. The monoisotopic (exact) mass is 361 g/mol. The van der Waals surface area contributed by atoms with Crippen molar-refractivity contribution in [3.8, 4) is 11.4 Å². The van der Waals surface area contributed by atoms with E-state index in [1.807, 2.05) is 0 Å². The van der Waals surface area contributed by atoms with Gasteiger partial charge in [0.15, 0.2) is 5.82 Å². The summed E-state index contributed by atoms with van der Waals surface area (Å²) >= 11 is 5.14. The van der Waals surface area contributed by atoms with Gasteiger partial charge in [-0.05, 0) is 47.5 Å². The van der Waals surface area contributed by atoms with Gasteiger partial charge in [-0.2, -0.15) is 0 Å². The zero-order valence-electron chi connectivity index (χ0n) is 12.0. The maximum absolute atomic E-state index is 4.73. The Bertz CT molecular complexity index is 782. The van der Waals surface area contributed by atoms with Crippen LogP contribution < -0.4 is 5.32 Å². The molecule has 0 saturated heterocycles. The van der Waals surface area contributed by atoms with Gasteiger partial charge < -0.3 is 5.32 Å². The zero-order chi connectivity index (χ0) is 14.8. The number of fused-ring (bicyclic) bond motifs is 1. The van der Waals surface area contributed by atoms with Crippen LogP contribution in [0.15, 0.2) is 33.4 Å². The fraction of sp³-hybridized carbons (Fsp3) is 0.250. The molecule has 2 aromatic heterocycles. The second kappa shape index (κ2) is 6.12. The van der Waals surface area contributed by atoms with E-state index in [9.17, 15) is 0 Å². The molecule has 2 heterocycles. The number of nitrogens with one attached hydrogen (secondary N) is 1. The van der Waals surface area contributed by atoms with E-state index >= 15 is 0 Å². The average molecular weight is 362 g/mol. The molecule has 0 aliphatic carbocycles. The fourth-order valence-electron chi connectivity index (χ4n) is 2.18. The van der Waals surface area contributed by atoms with Crippen molar-refractivity contribution in [3.63, 3.8) is 0 Å². The van der Waals surface area contributed by atoms with E-state index in [0.717, 1.165) is 44.9 Å². The van der Waals surface area contributed by atoms with Crippen LogP contribution in [0.5, 0.6) is 0 Å². The Morgan fingerprint density at radius 2 is 2.10 bits per heavy atom. The lowest BCUT2D eigenvalue weighted by Gasteiger charge is -2.10. The van der Waals surface area contributed by atoms with E-state index in [0.29, 0.717) is 0 Å². The van der Waals surface area contributed by atoms with E-state index < -0.39 is 0 Å². The summed E-state index contributed by atoms with van der Waals surface area (Å²) in [6.45, 7) is 5.15. The molecule has 0 spiro atoms. The Labute approximate surface area is 136 Å². The van der Waals surface area contributed by atoms with Crippen molar-refractivity contribution in [2.24, 2.45) is 0 Å². The third-order valence-electron chi connectivity index (χ3n) is 3.22. The highest BCUT2D eigenvalue weighted by Crippen LogP contribution is 2.30. The Kier molecular flexibility index (Phi) is 4.22. The van der Waals surface area contributed by atoms with Crippen LogP contribution in [0.25, 0.3) is 22.3 Å².